The summed E-state index contributed by atoms with van der Waals surface area (Å²) in [6.45, 7) is 1.44. The van der Waals surface area contributed by atoms with Gasteiger partial charge in [0.2, 0.25) is 0 Å². The highest BCUT2D eigenvalue weighted by Crippen LogP contribution is 2.31. The van der Waals surface area contributed by atoms with E-state index in [1.807, 2.05) is 19.1 Å². The predicted octanol–water partition coefficient (Wildman–Crippen LogP) is 4.55. The van der Waals surface area contributed by atoms with Crippen molar-refractivity contribution in [3.05, 3.63) is 45.9 Å². The Hall–Kier alpha value is -2.89. The van der Waals surface area contributed by atoms with Gasteiger partial charge in [-0.15, -0.1) is 11.3 Å². The number of rotatable bonds is 5. The number of thiophene rings is 1. The summed E-state index contributed by atoms with van der Waals surface area (Å²) in [5.74, 6) is -1.04. The van der Waals surface area contributed by atoms with E-state index in [1.54, 1.807) is 22.9 Å². The Labute approximate surface area is 188 Å². The van der Waals surface area contributed by atoms with Crippen LogP contribution in [-0.2, 0) is 9.53 Å². The molecule has 1 amide bonds. The van der Waals surface area contributed by atoms with E-state index in [0.717, 1.165) is 40.9 Å². The molecule has 0 atom stereocenters. The van der Waals surface area contributed by atoms with E-state index in [-0.39, 0.29) is 0 Å². The standard InChI is InChI=1S/C22H21ClN4O3S/c1-14-17-11-18(31-20(17)27(26-14)16-7-5-6-15(23)10-16)21(29)30-12-19(28)25-22(13-24)8-3-2-4-9-22/h5-7,10-11H,2-4,8-9,12H2,1H3,(H,25,28). The van der Waals surface area contributed by atoms with Gasteiger partial charge in [-0.1, -0.05) is 36.9 Å². The number of nitrogens with zero attached hydrogens (tertiary/aromatic N) is 3. The van der Waals surface area contributed by atoms with Gasteiger partial charge in [-0.2, -0.15) is 10.4 Å². The molecule has 2 aromatic heterocycles. The zero-order valence-electron chi connectivity index (χ0n) is 17.0. The first kappa shape index (κ1) is 21.3. The number of aryl methyl sites for hydroxylation is 1. The van der Waals surface area contributed by atoms with Crippen LogP contribution in [0.15, 0.2) is 30.3 Å². The number of hydrogen-bond acceptors (Lipinski definition) is 6. The lowest BCUT2D eigenvalue weighted by molar-refractivity contribution is -0.125. The normalized spacial score (nSPS) is 15.4. The number of nitriles is 1. The third-order valence-corrected chi connectivity index (χ3v) is 6.76. The highest BCUT2D eigenvalue weighted by Gasteiger charge is 2.33. The Kier molecular flexibility index (Phi) is 5.99. The van der Waals surface area contributed by atoms with Gasteiger partial charge in [0, 0.05) is 10.4 Å². The summed E-state index contributed by atoms with van der Waals surface area (Å²) >= 11 is 7.34. The van der Waals surface area contributed by atoms with Crippen LogP contribution in [0.2, 0.25) is 5.02 Å². The maximum atomic E-state index is 12.6. The van der Waals surface area contributed by atoms with E-state index in [1.165, 1.54) is 11.3 Å². The van der Waals surface area contributed by atoms with E-state index >= 15 is 0 Å². The Balaban J connectivity index is 1.47. The number of ether oxygens (including phenoxy) is 1. The molecule has 1 N–H and O–H groups in total. The smallest absolute Gasteiger partial charge is 0.348 e. The molecule has 1 aliphatic carbocycles. The van der Waals surface area contributed by atoms with Crippen molar-refractivity contribution >= 4 is 45.0 Å². The van der Waals surface area contributed by atoms with Crippen molar-refractivity contribution in [3.63, 3.8) is 0 Å². The third-order valence-electron chi connectivity index (χ3n) is 5.43. The molecule has 9 heteroatoms. The SMILES string of the molecule is Cc1nn(-c2cccc(Cl)c2)c2sc(C(=O)OCC(=O)NC3(C#N)CCCCC3)cc12. The largest absolute Gasteiger partial charge is 0.451 e. The molecule has 160 valence electrons. The molecule has 1 aliphatic rings. The van der Waals surface area contributed by atoms with Crippen LogP contribution in [-0.4, -0.2) is 33.8 Å². The van der Waals surface area contributed by atoms with Gasteiger partial charge in [0.1, 0.15) is 15.2 Å². The van der Waals surface area contributed by atoms with Crippen molar-refractivity contribution in [1.82, 2.24) is 15.1 Å². The first-order valence-electron chi connectivity index (χ1n) is 10.1. The maximum Gasteiger partial charge on any atom is 0.348 e. The Morgan fingerprint density at radius 2 is 2.10 bits per heavy atom. The van der Waals surface area contributed by atoms with Crippen molar-refractivity contribution in [1.29, 1.82) is 5.26 Å². The molecule has 0 bridgehead atoms. The van der Waals surface area contributed by atoms with Crippen molar-refractivity contribution in [2.45, 2.75) is 44.6 Å². The van der Waals surface area contributed by atoms with Crippen LogP contribution in [0.25, 0.3) is 15.9 Å². The number of esters is 1. The lowest BCUT2D eigenvalue weighted by atomic mass is 9.83. The summed E-state index contributed by atoms with van der Waals surface area (Å²) in [5.41, 5.74) is 0.717. The molecule has 0 saturated heterocycles. The van der Waals surface area contributed by atoms with Gasteiger partial charge in [-0.05, 0) is 44.0 Å². The Morgan fingerprint density at radius 1 is 1.32 bits per heavy atom. The highest BCUT2D eigenvalue weighted by molar-refractivity contribution is 7.20. The minimum Gasteiger partial charge on any atom is -0.451 e. The fourth-order valence-corrected chi connectivity index (χ4v) is 5.12. The van der Waals surface area contributed by atoms with E-state index < -0.39 is 24.0 Å². The van der Waals surface area contributed by atoms with Crippen LogP contribution in [0.5, 0.6) is 0 Å². The Morgan fingerprint density at radius 3 is 2.81 bits per heavy atom. The molecule has 0 radical (unpaired) electrons. The molecular formula is C22H21ClN4O3S. The number of fused-ring (bicyclic) bond motifs is 1. The van der Waals surface area contributed by atoms with Gasteiger partial charge in [-0.25, -0.2) is 9.48 Å². The second kappa shape index (κ2) is 8.69. The topological polar surface area (TPSA) is 97.0 Å². The number of nitrogens with one attached hydrogen (secondary N) is 1. The van der Waals surface area contributed by atoms with Crippen LogP contribution in [0.3, 0.4) is 0 Å². The van der Waals surface area contributed by atoms with Crippen molar-refractivity contribution in [3.8, 4) is 11.8 Å². The predicted molar refractivity (Wildman–Crippen MR) is 119 cm³/mol. The summed E-state index contributed by atoms with van der Waals surface area (Å²) < 4.78 is 6.96. The second-order valence-electron chi connectivity index (χ2n) is 7.69. The van der Waals surface area contributed by atoms with Crippen molar-refractivity contribution in [2.24, 2.45) is 0 Å². The molecule has 31 heavy (non-hydrogen) atoms. The lowest BCUT2D eigenvalue weighted by Crippen LogP contribution is -2.50. The van der Waals surface area contributed by atoms with Crippen molar-refractivity contribution in [2.75, 3.05) is 6.61 Å². The van der Waals surface area contributed by atoms with Crippen LogP contribution >= 0.6 is 22.9 Å². The fraction of sp³-hybridized carbons (Fsp3) is 0.364. The monoisotopic (exact) mass is 456 g/mol. The quantitative estimate of drug-likeness (QED) is 0.568. The van der Waals surface area contributed by atoms with Gasteiger partial charge in [-0.3, -0.25) is 4.79 Å². The number of aromatic nitrogens is 2. The zero-order valence-corrected chi connectivity index (χ0v) is 18.6. The lowest BCUT2D eigenvalue weighted by Gasteiger charge is -2.31. The Bertz CT molecular complexity index is 1190. The first-order valence-corrected chi connectivity index (χ1v) is 11.2. The number of carbonyl (C=O) groups excluding carboxylic acids is 2. The van der Waals surface area contributed by atoms with Gasteiger partial charge in [0.15, 0.2) is 6.61 Å². The zero-order chi connectivity index (χ0) is 22.0. The summed E-state index contributed by atoms with van der Waals surface area (Å²) in [6.07, 6.45) is 4.11. The summed E-state index contributed by atoms with van der Waals surface area (Å²) in [4.78, 5) is 26.0. The fourth-order valence-electron chi connectivity index (χ4n) is 3.86. The molecule has 0 aliphatic heterocycles. The molecular weight excluding hydrogens is 436 g/mol. The van der Waals surface area contributed by atoms with E-state index in [9.17, 15) is 14.9 Å². The van der Waals surface area contributed by atoms with Gasteiger partial charge in [0.25, 0.3) is 5.91 Å². The molecule has 0 spiro atoms. The van der Waals surface area contributed by atoms with E-state index in [2.05, 4.69) is 16.5 Å². The molecule has 7 nitrogen and oxygen atoms in total. The average Bonchev–Trinajstić information content (AvgIpc) is 3.33. The minimum atomic E-state index is -0.850. The minimum absolute atomic E-state index is 0.381. The van der Waals surface area contributed by atoms with Gasteiger partial charge < -0.3 is 10.1 Å². The third kappa shape index (κ3) is 4.43. The van der Waals surface area contributed by atoms with Crippen LogP contribution < -0.4 is 5.32 Å². The van der Waals surface area contributed by atoms with E-state index in [4.69, 9.17) is 16.3 Å². The summed E-state index contributed by atoms with van der Waals surface area (Å²) in [7, 11) is 0. The number of benzene rings is 1. The maximum absolute atomic E-state index is 12.6. The van der Waals surface area contributed by atoms with Crippen LogP contribution in [0, 0.1) is 18.3 Å². The second-order valence-corrected chi connectivity index (χ2v) is 9.15. The first-order chi connectivity index (χ1) is 14.9. The molecule has 2 heterocycles. The number of carbonyl (C=O) groups is 2. The highest BCUT2D eigenvalue weighted by atomic mass is 35.5. The molecule has 1 saturated carbocycles. The van der Waals surface area contributed by atoms with E-state index in [0.29, 0.717) is 22.7 Å². The van der Waals surface area contributed by atoms with Gasteiger partial charge in [0.05, 0.1) is 17.5 Å². The number of hydrogen-bond donors (Lipinski definition) is 1. The summed E-state index contributed by atoms with van der Waals surface area (Å²) in [6, 6.07) is 11.2. The molecule has 4 rings (SSSR count). The molecule has 0 unspecified atom stereocenters. The number of halogens is 1. The molecule has 1 aromatic carbocycles. The summed E-state index contributed by atoms with van der Waals surface area (Å²) in [5, 5.41) is 18.2. The molecule has 1 fully saturated rings. The van der Waals surface area contributed by atoms with Crippen LogP contribution in [0.1, 0.15) is 47.5 Å². The van der Waals surface area contributed by atoms with Gasteiger partial charge >= 0.3 is 5.97 Å². The van der Waals surface area contributed by atoms with Crippen molar-refractivity contribution < 1.29 is 14.3 Å². The molecule has 3 aromatic rings. The number of amides is 1. The average molecular weight is 457 g/mol. The van der Waals surface area contributed by atoms with Crippen LogP contribution in [0.4, 0.5) is 0 Å².